The SMILES string of the molecule is Cc1cc(C(=O)N2CCCC2C(=O)NCCN2c3ccccc3CC2C)ccc1[N+](=O)[O-]. The second kappa shape index (κ2) is 8.98. The number of carbonyl (C=O) groups is 2. The van der Waals surface area contributed by atoms with Gasteiger partial charge in [0.05, 0.1) is 4.92 Å². The predicted octanol–water partition coefficient (Wildman–Crippen LogP) is 3.08. The summed E-state index contributed by atoms with van der Waals surface area (Å²) in [6.07, 6.45) is 2.38. The molecule has 2 amide bonds. The van der Waals surface area contributed by atoms with Gasteiger partial charge in [-0.05, 0) is 56.9 Å². The summed E-state index contributed by atoms with van der Waals surface area (Å²) in [4.78, 5) is 40.4. The summed E-state index contributed by atoms with van der Waals surface area (Å²) >= 11 is 0. The molecule has 0 aromatic heterocycles. The number of benzene rings is 2. The molecule has 2 atom stereocenters. The molecule has 2 unspecified atom stereocenters. The van der Waals surface area contributed by atoms with E-state index >= 15 is 0 Å². The van der Waals surface area contributed by atoms with Crippen LogP contribution in [0.3, 0.4) is 0 Å². The van der Waals surface area contributed by atoms with Crippen LogP contribution in [0, 0.1) is 17.0 Å². The quantitative estimate of drug-likeness (QED) is 0.555. The number of rotatable bonds is 6. The van der Waals surface area contributed by atoms with Crippen molar-refractivity contribution in [3.05, 3.63) is 69.3 Å². The van der Waals surface area contributed by atoms with Crippen LogP contribution in [0.25, 0.3) is 0 Å². The van der Waals surface area contributed by atoms with Crippen molar-refractivity contribution in [2.75, 3.05) is 24.5 Å². The molecule has 2 aromatic carbocycles. The number of nitro benzene ring substituents is 1. The van der Waals surface area contributed by atoms with Crippen LogP contribution in [0.2, 0.25) is 0 Å². The number of nitro groups is 1. The maximum absolute atomic E-state index is 13.0. The van der Waals surface area contributed by atoms with Crippen LogP contribution in [-0.4, -0.2) is 53.4 Å². The molecule has 0 aliphatic carbocycles. The summed E-state index contributed by atoms with van der Waals surface area (Å²) in [6, 6.07) is 12.6. The van der Waals surface area contributed by atoms with Gasteiger partial charge in [0, 0.05) is 48.6 Å². The molecule has 4 rings (SSSR count). The summed E-state index contributed by atoms with van der Waals surface area (Å²) < 4.78 is 0. The zero-order valence-electron chi connectivity index (χ0n) is 18.4. The number of likely N-dealkylation sites (tertiary alicyclic amines) is 1. The number of fused-ring (bicyclic) bond motifs is 1. The Morgan fingerprint density at radius 3 is 2.75 bits per heavy atom. The third kappa shape index (κ3) is 4.17. The number of nitrogens with zero attached hydrogens (tertiary/aromatic N) is 3. The van der Waals surface area contributed by atoms with E-state index in [1.165, 1.54) is 29.4 Å². The Kier molecular flexibility index (Phi) is 6.12. The van der Waals surface area contributed by atoms with E-state index in [2.05, 4.69) is 35.3 Å². The van der Waals surface area contributed by atoms with Crippen molar-refractivity contribution in [1.82, 2.24) is 10.2 Å². The second-order valence-corrected chi connectivity index (χ2v) is 8.58. The van der Waals surface area contributed by atoms with Crippen LogP contribution in [0.15, 0.2) is 42.5 Å². The van der Waals surface area contributed by atoms with Gasteiger partial charge in [0.1, 0.15) is 6.04 Å². The van der Waals surface area contributed by atoms with Gasteiger partial charge in [-0.2, -0.15) is 0 Å². The smallest absolute Gasteiger partial charge is 0.272 e. The van der Waals surface area contributed by atoms with Crippen LogP contribution in [0.1, 0.15) is 41.3 Å². The molecule has 0 radical (unpaired) electrons. The van der Waals surface area contributed by atoms with E-state index in [9.17, 15) is 19.7 Å². The van der Waals surface area contributed by atoms with Crippen molar-refractivity contribution in [3.8, 4) is 0 Å². The van der Waals surface area contributed by atoms with Crippen molar-refractivity contribution < 1.29 is 14.5 Å². The maximum atomic E-state index is 13.0. The second-order valence-electron chi connectivity index (χ2n) is 8.58. The predicted molar refractivity (Wildman–Crippen MR) is 122 cm³/mol. The molecule has 2 aliphatic heterocycles. The van der Waals surface area contributed by atoms with E-state index in [0.29, 0.717) is 43.2 Å². The number of amides is 2. The standard InChI is InChI=1S/C24H28N4O4/c1-16-14-19(9-10-20(16)28(31)32)24(30)27-12-5-8-22(27)23(29)25-11-13-26-17(2)15-18-6-3-4-7-21(18)26/h3-4,6-7,9-10,14,17,22H,5,8,11-13,15H2,1-2H3,(H,25,29). The van der Waals surface area contributed by atoms with E-state index in [4.69, 9.17) is 0 Å². The van der Waals surface area contributed by atoms with Crippen molar-refractivity contribution in [2.45, 2.75) is 45.2 Å². The Morgan fingerprint density at radius 1 is 1.22 bits per heavy atom. The van der Waals surface area contributed by atoms with Crippen molar-refractivity contribution in [2.24, 2.45) is 0 Å². The zero-order valence-corrected chi connectivity index (χ0v) is 18.4. The van der Waals surface area contributed by atoms with Crippen molar-refractivity contribution in [3.63, 3.8) is 0 Å². The molecule has 1 N–H and O–H groups in total. The largest absolute Gasteiger partial charge is 0.367 e. The first-order chi connectivity index (χ1) is 15.4. The van der Waals surface area contributed by atoms with Crippen molar-refractivity contribution >= 4 is 23.2 Å². The minimum atomic E-state index is -0.513. The summed E-state index contributed by atoms with van der Waals surface area (Å²) in [5.41, 5.74) is 3.34. The number of carbonyl (C=O) groups excluding carboxylic acids is 2. The van der Waals surface area contributed by atoms with Gasteiger partial charge in [0.2, 0.25) is 5.91 Å². The first-order valence-electron chi connectivity index (χ1n) is 11.0. The van der Waals surface area contributed by atoms with E-state index in [0.717, 1.165) is 12.8 Å². The van der Waals surface area contributed by atoms with Gasteiger partial charge in [0.15, 0.2) is 0 Å². The van der Waals surface area contributed by atoms with Crippen LogP contribution in [0.5, 0.6) is 0 Å². The fourth-order valence-corrected chi connectivity index (χ4v) is 4.83. The highest BCUT2D eigenvalue weighted by molar-refractivity contribution is 5.98. The number of anilines is 1. The lowest BCUT2D eigenvalue weighted by molar-refractivity contribution is -0.385. The number of aryl methyl sites for hydroxylation is 1. The zero-order chi connectivity index (χ0) is 22.8. The van der Waals surface area contributed by atoms with Gasteiger partial charge < -0.3 is 15.1 Å². The average molecular weight is 437 g/mol. The number of nitrogens with one attached hydrogen (secondary N) is 1. The lowest BCUT2D eigenvalue weighted by Crippen LogP contribution is -2.47. The molecular formula is C24H28N4O4. The third-order valence-electron chi connectivity index (χ3n) is 6.46. The van der Waals surface area contributed by atoms with Gasteiger partial charge in [-0.1, -0.05) is 18.2 Å². The van der Waals surface area contributed by atoms with Crippen LogP contribution in [-0.2, 0) is 11.2 Å². The Labute approximate surface area is 187 Å². The highest BCUT2D eigenvalue weighted by Crippen LogP contribution is 2.31. The molecule has 0 bridgehead atoms. The summed E-state index contributed by atoms with van der Waals surface area (Å²) in [7, 11) is 0. The first kappa shape index (κ1) is 21.8. The number of hydrogen-bond donors (Lipinski definition) is 1. The van der Waals surface area contributed by atoms with Crippen molar-refractivity contribution in [1.29, 1.82) is 0 Å². The molecular weight excluding hydrogens is 408 g/mol. The van der Waals surface area contributed by atoms with Gasteiger partial charge in [-0.15, -0.1) is 0 Å². The first-order valence-corrected chi connectivity index (χ1v) is 11.0. The van der Waals surface area contributed by atoms with Crippen LogP contribution in [0.4, 0.5) is 11.4 Å². The highest BCUT2D eigenvalue weighted by atomic mass is 16.6. The van der Waals surface area contributed by atoms with Gasteiger partial charge in [-0.25, -0.2) is 0 Å². The molecule has 2 heterocycles. The van der Waals surface area contributed by atoms with E-state index < -0.39 is 11.0 Å². The highest BCUT2D eigenvalue weighted by Gasteiger charge is 2.35. The molecule has 168 valence electrons. The average Bonchev–Trinajstić information content (AvgIpc) is 3.37. The Bertz CT molecular complexity index is 1050. The minimum absolute atomic E-state index is 0.0185. The van der Waals surface area contributed by atoms with E-state index in [-0.39, 0.29) is 17.5 Å². The van der Waals surface area contributed by atoms with Crippen LogP contribution >= 0.6 is 0 Å². The number of hydrogen-bond acceptors (Lipinski definition) is 5. The Balaban J connectivity index is 1.37. The fraction of sp³-hybridized carbons (Fsp3) is 0.417. The normalized spacial score (nSPS) is 19.7. The van der Waals surface area contributed by atoms with E-state index in [1.54, 1.807) is 11.8 Å². The molecule has 1 saturated heterocycles. The van der Waals surface area contributed by atoms with Gasteiger partial charge >= 0.3 is 0 Å². The molecule has 32 heavy (non-hydrogen) atoms. The molecule has 2 aliphatic rings. The molecule has 2 aromatic rings. The minimum Gasteiger partial charge on any atom is -0.367 e. The van der Waals surface area contributed by atoms with Crippen LogP contribution < -0.4 is 10.2 Å². The molecule has 8 heteroatoms. The molecule has 0 spiro atoms. The topological polar surface area (TPSA) is 95.8 Å². The maximum Gasteiger partial charge on any atom is 0.272 e. The Hall–Kier alpha value is -3.42. The summed E-state index contributed by atoms with van der Waals surface area (Å²) in [5.74, 6) is -0.405. The monoisotopic (exact) mass is 436 g/mol. The summed E-state index contributed by atoms with van der Waals surface area (Å²) in [6.45, 7) is 5.52. The van der Waals surface area contributed by atoms with Gasteiger partial charge in [0.25, 0.3) is 11.6 Å². The Morgan fingerprint density at radius 2 is 2.00 bits per heavy atom. The van der Waals surface area contributed by atoms with Gasteiger partial charge in [-0.3, -0.25) is 19.7 Å². The molecule has 0 saturated carbocycles. The number of para-hydroxylation sites is 1. The molecule has 8 nitrogen and oxygen atoms in total. The lowest BCUT2D eigenvalue weighted by Gasteiger charge is -2.27. The third-order valence-corrected chi connectivity index (χ3v) is 6.46. The van der Waals surface area contributed by atoms with E-state index in [1.807, 2.05) is 6.07 Å². The lowest BCUT2D eigenvalue weighted by atomic mass is 10.1. The fourth-order valence-electron chi connectivity index (χ4n) is 4.83. The molecule has 1 fully saturated rings. The summed E-state index contributed by atoms with van der Waals surface area (Å²) in [5, 5.41) is 14.0.